The van der Waals surface area contributed by atoms with Crippen molar-refractivity contribution in [2.24, 2.45) is 0 Å². The highest BCUT2D eigenvalue weighted by Crippen LogP contribution is 2.29. The molecule has 1 unspecified atom stereocenters. The van der Waals surface area contributed by atoms with Gasteiger partial charge in [-0.2, -0.15) is 10.4 Å². The zero-order valence-corrected chi connectivity index (χ0v) is 12.1. The molecule has 2 aromatic rings. The van der Waals surface area contributed by atoms with Crippen molar-refractivity contribution in [1.29, 1.82) is 5.26 Å². The third-order valence-electron chi connectivity index (χ3n) is 3.01. The van der Waals surface area contributed by atoms with Crippen LogP contribution in [0.15, 0.2) is 6.20 Å². The van der Waals surface area contributed by atoms with E-state index in [4.69, 9.17) is 21.6 Å². The fourth-order valence-electron chi connectivity index (χ4n) is 2.03. The minimum absolute atomic E-state index is 0.273. The summed E-state index contributed by atoms with van der Waals surface area (Å²) in [6, 6.07) is 2.00. The Bertz CT molecular complexity index is 717. The zero-order chi connectivity index (χ0) is 14.9. The Morgan fingerprint density at radius 3 is 2.95 bits per heavy atom. The smallest absolute Gasteiger partial charge is 0.313 e. The molecule has 2 aromatic heterocycles. The fourth-order valence-corrected chi connectivity index (χ4v) is 2.46. The van der Waals surface area contributed by atoms with Gasteiger partial charge in [0.05, 0.1) is 18.7 Å². The first-order chi connectivity index (χ1) is 9.51. The number of rotatable bonds is 3. The number of fused-ring (bicyclic) bond motifs is 1. The van der Waals surface area contributed by atoms with Crippen LogP contribution in [-0.4, -0.2) is 27.2 Å². The minimum atomic E-state index is -0.547. The Balaban J connectivity index is 2.61. The molecule has 0 saturated carbocycles. The summed E-state index contributed by atoms with van der Waals surface area (Å²) >= 11 is 6.30. The van der Waals surface area contributed by atoms with Gasteiger partial charge in [-0.05, 0) is 20.8 Å². The Morgan fingerprint density at radius 2 is 2.35 bits per heavy atom. The molecular formula is C13H13ClN4O2. The number of nitriles is 1. The monoisotopic (exact) mass is 292 g/mol. The van der Waals surface area contributed by atoms with Gasteiger partial charge in [0.1, 0.15) is 16.8 Å². The van der Waals surface area contributed by atoms with Gasteiger partial charge in [0, 0.05) is 11.3 Å². The first kappa shape index (κ1) is 14.3. The van der Waals surface area contributed by atoms with E-state index < -0.39 is 5.92 Å². The van der Waals surface area contributed by atoms with Gasteiger partial charge in [0.25, 0.3) is 0 Å². The van der Waals surface area contributed by atoms with Crippen LogP contribution in [-0.2, 0) is 9.53 Å². The highest BCUT2D eigenvalue weighted by molar-refractivity contribution is 6.30. The third kappa shape index (κ3) is 2.21. The maximum Gasteiger partial charge on any atom is 0.313 e. The Kier molecular flexibility index (Phi) is 3.91. The summed E-state index contributed by atoms with van der Waals surface area (Å²) in [5.41, 5.74) is 1.87. The Labute approximate surface area is 120 Å². The number of aromatic nitrogens is 3. The molecule has 1 atom stereocenters. The van der Waals surface area contributed by atoms with Gasteiger partial charge in [-0.1, -0.05) is 11.6 Å². The van der Waals surface area contributed by atoms with E-state index in [0.29, 0.717) is 29.1 Å². The molecule has 0 fully saturated rings. The molecule has 2 heterocycles. The van der Waals surface area contributed by atoms with Gasteiger partial charge in [0.2, 0.25) is 0 Å². The number of hydrogen-bond donors (Lipinski definition) is 0. The molecule has 20 heavy (non-hydrogen) atoms. The van der Waals surface area contributed by atoms with E-state index in [2.05, 4.69) is 10.1 Å². The van der Waals surface area contributed by atoms with Crippen molar-refractivity contribution in [3.05, 3.63) is 28.2 Å². The number of aryl methyl sites for hydroxylation is 1. The van der Waals surface area contributed by atoms with Crippen LogP contribution in [0.5, 0.6) is 0 Å². The molecule has 0 aromatic carbocycles. The first-order valence-electron chi connectivity index (χ1n) is 6.11. The van der Waals surface area contributed by atoms with E-state index >= 15 is 0 Å². The standard InChI is InChI=1S/C13H13ClN4O2/c1-4-20-13(19)7(2)10-8(3)17-12-9(5-15)6-16-18(12)11(10)14/h6-7H,4H2,1-3H3. The lowest BCUT2D eigenvalue weighted by Crippen LogP contribution is -2.16. The maximum atomic E-state index is 11.9. The van der Waals surface area contributed by atoms with Crippen LogP contribution in [0, 0.1) is 18.3 Å². The molecular weight excluding hydrogens is 280 g/mol. The molecule has 6 nitrogen and oxygen atoms in total. The average molecular weight is 293 g/mol. The van der Waals surface area contributed by atoms with Gasteiger partial charge >= 0.3 is 5.97 Å². The number of carbonyl (C=O) groups excluding carboxylic acids is 1. The number of halogens is 1. The van der Waals surface area contributed by atoms with Crippen LogP contribution in [0.3, 0.4) is 0 Å². The number of hydrogen-bond acceptors (Lipinski definition) is 5. The van der Waals surface area contributed by atoms with Crippen molar-refractivity contribution >= 4 is 23.2 Å². The van der Waals surface area contributed by atoms with Crippen molar-refractivity contribution in [3.63, 3.8) is 0 Å². The fraction of sp³-hybridized carbons (Fsp3) is 0.385. The van der Waals surface area contributed by atoms with Crippen molar-refractivity contribution in [2.75, 3.05) is 6.61 Å². The Morgan fingerprint density at radius 1 is 1.65 bits per heavy atom. The first-order valence-corrected chi connectivity index (χ1v) is 6.49. The largest absolute Gasteiger partial charge is 0.466 e. The molecule has 0 aliphatic heterocycles. The van der Waals surface area contributed by atoms with E-state index in [0.717, 1.165) is 0 Å². The lowest BCUT2D eigenvalue weighted by atomic mass is 10.0. The molecule has 0 saturated heterocycles. The zero-order valence-electron chi connectivity index (χ0n) is 11.3. The van der Waals surface area contributed by atoms with Crippen LogP contribution in [0.4, 0.5) is 0 Å². The molecule has 104 valence electrons. The molecule has 0 aliphatic rings. The molecule has 0 amide bonds. The van der Waals surface area contributed by atoms with Gasteiger partial charge in [-0.3, -0.25) is 4.79 Å². The molecule has 7 heteroatoms. The second-order valence-electron chi connectivity index (χ2n) is 4.28. The quantitative estimate of drug-likeness (QED) is 0.640. The van der Waals surface area contributed by atoms with Crippen molar-refractivity contribution < 1.29 is 9.53 Å². The number of esters is 1. The average Bonchev–Trinajstić information content (AvgIpc) is 2.81. The van der Waals surface area contributed by atoms with Crippen LogP contribution < -0.4 is 0 Å². The van der Waals surface area contributed by atoms with Gasteiger partial charge in [-0.25, -0.2) is 9.50 Å². The van der Waals surface area contributed by atoms with Crippen LogP contribution >= 0.6 is 11.6 Å². The van der Waals surface area contributed by atoms with Crippen molar-refractivity contribution in [2.45, 2.75) is 26.7 Å². The lowest BCUT2D eigenvalue weighted by Gasteiger charge is -2.15. The van der Waals surface area contributed by atoms with E-state index in [1.807, 2.05) is 6.07 Å². The molecule has 0 N–H and O–H groups in total. The van der Waals surface area contributed by atoms with Crippen molar-refractivity contribution in [1.82, 2.24) is 14.6 Å². The van der Waals surface area contributed by atoms with E-state index in [1.54, 1.807) is 20.8 Å². The lowest BCUT2D eigenvalue weighted by molar-refractivity contribution is -0.144. The summed E-state index contributed by atoms with van der Waals surface area (Å²) in [7, 11) is 0. The third-order valence-corrected chi connectivity index (χ3v) is 3.37. The van der Waals surface area contributed by atoms with Crippen LogP contribution in [0.2, 0.25) is 5.15 Å². The van der Waals surface area contributed by atoms with E-state index in [1.165, 1.54) is 10.7 Å². The predicted molar refractivity (Wildman–Crippen MR) is 72.5 cm³/mol. The molecule has 0 radical (unpaired) electrons. The molecule has 0 spiro atoms. The highest BCUT2D eigenvalue weighted by Gasteiger charge is 2.25. The predicted octanol–water partition coefficient (Wildman–Crippen LogP) is 2.23. The molecule has 0 bridgehead atoms. The van der Waals surface area contributed by atoms with E-state index in [-0.39, 0.29) is 11.1 Å². The second-order valence-corrected chi connectivity index (χ2v) is 4.64. The molecule has 0 aliphatic carbocycles. The minimum Gasteiger partial charge on any atom is -0.466 e. The number of ether oxygens (including phenoxy) is 1. The SMILES string of the molecule is CCOC(=O)C(C)c1c(C)nc2c(C#N)cnn2c1Cl. The van der Waals surface area contributed by atoms with Crippen LogP contribution in [0.1, 0.15) is 36.6 Å². The summed E-state index contributed by atoms with van der Waals surface area (Å²) in [5.74, 6) is -0.916. The normalized spacial score (nSPS) is 12.2. The molecule has 2 rings (SSSR count). The maximum absolute atomic E-state index is 11.9. The number of nitrogens with zero attached hydrogens (tertiary/aromatic N) is 4. The van der Waals surface area contributed by atoms with Gasteiger partial charge < -0.3 is 4.74 Å². The summed E-state index contributed by atoms with van der Waals surface area (Å²) in [4.78, 5) is 16.2. The summed E-state index contributed by atoms with van der Waals surface area (Å²) in [5, 5.41) is 13.3. The highest BCUT2D eigenvalue weighted by atomic mass is 35.5. The number of carbonyl (C=O) groups is 1. The topological polar surface area (TPSA) is 80.3 Å². The van der Waals surface area contributed by atoms with Gasteiger partial charge in [-0.15, -0.1) is 0 Å². The van der Waals surface area contributed by atoms with Crippen molar-refractivity contribution in [3.8, 4) is 6.07 Å². The van der Waals surface area contributed by atoms with Gasteiger partial charge in [0.15, 0.2) is 5.65 Å². The summed E-state index contributed by atoms with van der Waals surface area (Å²) in [6.45, 7) is 5.49. The summed E-state index contributed by atoms with van der Waals surface area (Å²) in [6.07, 6.45) is 1.40. The van der Waals surface area contributed by atoms with E-state index in [9.17, 15) is 4.79 Å². The summed E-state index contributed by atoms with van der Waals surface area (Å²) < 4.78 is 6.36. The second kappa shape index (κ2) is 5.47. The van der Waals surface area contributed by atoms with Crippen LogP contribution in [0.25, 0.3) is 5.65 Å². The Hall–Kier alpha value is -2.13.